The van der Waals surface area contributed by atoms with Crippen LogP contribution in [0.3, 0.4) is 0 Å². The summed E-state index contributed by atoms with van der Waals surface area (Å²) >= 11 is 0. The molecular weight excluding hydrogens is 1250 g/mol. The van der Waals surface area contributed by atoms with E-state index in [0.29, 0.717) is 25.7 Å². The average Bonchev–Trinajstić information content (AvgIpc) is 0.675. The molecule has 540 valence electrons. The number of rotatable bonds is 16. The van der Waals surface area contributed by atoms with Gasteiger partial charge in [0.05, 0.1) is 56.8 Å². The first kappa shape index (κ1) is 73.3. The summed E-state index contributed by atoms with van der Waals surface area (Å²) in [4.78, 5) is 13.3. The Morgan fingerprint density at radius 3 is 1.61 bits per heavy atom. The number of ether oxygens (including phenoxy) is 12. The lowest BCUT2D eigenvalue weighted by Gasteiger charge is -2.71. The topological polar surface area (TPSA) is 472 Å². The van der Waals surface area contributed by atoms with Gasteiger partial charge in [-0.05, 0) is 117 Å². The number of hydrogen-bond donors (Lipinski definition) is 17. The van der Waals surface area contributed by atoms with Crippen molar-refractivity contribution >= 4 is 5.97 Å². The summed E-state index contributed by atoms with van der Waals surface area (Å²) < 4.78 is 72.5. The Labute approximate surface area is 545 Å². The SMILES string of the molecule is C[C@@H]1O[C@@H](O[C@@H]2[C@@H](O[C@@H]3O[C@H](CO)[C@@H](O[C@@H]4O[C@H](CO)[C@@H](O[C@@H]5OC[C@@H](O)[C@H](O)[C@H]5O)[C@H](O)[C@H]4O)[C@H](O)[C@H]3O)[C@@H](O)[C@H](O[C@H]3[C@H](O[C@H]4CC[C@@]5(C)[C@@H](CC[C@]6(C)[C@@H]5CC=C5[C@@H]7CC(C)(C)CC[C@]7(C(=O)O)CC[C@]56C)[C@]4(C)CO)OC[C@H](O)[C@@H]3O)O[C@H]2C)[C@H](O)[C@H](O)[C@H]1O. The second-order valence-electron chi connectivity index (χ2n) is 30.8. The van der Waals surface area contributed by atoms with Crippen LogP contribution in [-0.4, -0.2) is 304 Å². The van der Waals surface area contributed by atoms with Gasteiger partial charge in [0.1, 0.15) is 122 Å². The van der Waals surface area contributed by atoms with Crippen LogP contribution in [0.15, 0.2) is 11.6 Å². The maximum Gasteiger partial charge on any atom is 0.310 e. The third-order valence-corrected chi connectivity index (χ3v) is 25.0. The van der Waals surface area contributed by atoms with E-state index in [1.165, 1.54) is 19.4 Å². The highest BCUT2D eigenvalue weighted by molar-refractivity contribution is 5.76. The fraction of sp³-hybridized carbons (Fsp3) is 0.953. The highest BCUT2D eigenvalue weighted by atomic mass is 16.8. The van der Waals surface area contributed by atoms with E-state index in [4.69, 9.17) is 56.8 Å². The van der Waals surface area contributed by atoms with Gasteiger partial charge >= 0.3 is 5.97 Å². The predicted molar refractivity (Wildman–Crippen MR) is 315 cm³/mol. The molecule has 0 aromatic heterocycles. The summed E-state index contributed by atoms with van der Waals surface area (Å²) in [6, 6.07) is 0. The van der Waals surface area contributed by atoms with Crippen LogP contribution in [0.25, 0.3) is 0 Å². The Hall–Kier alpha value is -1.91. The van der Waals surface area contributed by atoms with Gasteiger partial charge in [-0.3, -0.25) is 4.79 Å². The zero-order valence-corrected chi connectivity index (χ0v) is 54.6. The van der Waals surface area contributed by atoms with E-state index in [1.807, 2.05) is 6.92 Å². The van der Waals surface area contributed by atoms with Crippen LogP contribution in [0.2, 0.25) is 0 Å². The molecule has 0 radical (unpaired) electrons. The Balaban J connectivity index is 0.813. The van der Waals surface area contributed by atoms with Crippen molar-refractivity contribution in [1.82, 2.24) is 0 Å². The normalized spacial score (nSPS) is 55.3. The van der Waals surface area contributed by atoms with Gasteiger partial charge in [-0.2, -0.15) is 0 Å². The van der Waals surface area contributed by atoms with Crippen molar-refractivity contribution in [3.05, 3.63) is 11.6 Å². The van der Waals surface area contributed by atoms with Crippen LogP contribution in [0.1, 0.15) is 120 Å². The first-order valence-electron chi connectivity index (χ1n) is 33.5. The molecule has 17 N–H and O–H groups in total. The van der Waals surface area contributed by atoms with E-state index in [-0.39, 0.29) is 46.0 Å². The minimum atomic E-state index is -2.20. The van der Waals surface area contributed by atoms with Gasteiger partial charge in [0, 0.05) is 5.41 Å². The molecule has 30 nitrogen and oxygen atoms in total. The largest absolute Gasteiger partial charge is 0.481 e. The smallest absolute Gasteiger partial charge is 0.310 e. The van der Waals surface area contributed by atoms with Crippen LogP contribution in [0, 0.1) is 50.2 Å². The van der Waals surface area contributed by atoms with Crippen LogP contribution in [0.5, 0.6) is 0 Å². The van der Waals surface area contributed by atoms with Crippen LogP contribution in [0.4, 0.5) is 0 Å². The van der Waals surface area contributed by atoms with Crippen molar-refractivity contribution in [3.63, 3.8) is 0 Å². The van der Waals surface area contributed by atoms with Crippen molar-refractivity contribution in [3.8, 4) is 0 Å². The van der Waals surface area contributed by atoms with Gasteiger partial charge in [0.2, 0.25) is 0 Å². The maximum absolute atomic E-state index is 13.3. The Bertz CT molecular complexity index is 2640. The lowest BCUT2D eigenvalue weighted by molar-refractivity contribution is -0.405. The van der Waals surface area contributed by atoms with Gasteiger partial charge in [0.25, 0.3) is 0 Å². The zero-order chi connectivity index (χ0) is 68.4. The monoisotopic (exact) mass is 1350 g/mol. The van der Waals surface area contributed by atoms with Crippen molar-refractivity contribution in [2.24, 2.45) is 50.2 Å². The molecule has 30 heteroatoms. The Kier molecular flexibility index (Phi) is 21.4. The molecule has 5 aliphatic carbocycles. The molecule has 0 aromatic carbocycles. The van der Waals surface area contributed by atoms with Gasteiger partial charge in [-0.15, -0.1) is 0 Å². The lowest BCUT2D eigenvalue weighted by Crippen LogP contribution is -2.68. The molecule has 0 spiro atoms. The number of aliphatic carboxylic acids is 1. The summed E-state index contributed by atoms with van der Waals surface area (Å²) in [7, 11) is 0. The van der Waals surface area contributed by atoms with Crippen LogP contribution >= 0.6 is 0 Å². The third kappa shape index (κ3) is 12.4. The number of carboxylic acid groups (broad SMARTS) is 1. The number of aliphatic hydroxyl groups excluding tert-OH is 16. The van der Waals surface area contributed by atoms with Crippen LogP contribution in [-0.2, 0) is 61.6 Å². The molecule has 37 atom stereocenters. The quantitative estimate of drug-likeness (QED) is 0.0526. The highest BCUT2D eigenvalue weighted by Crippen LogP contribution is 2.76. The van der Waals surface area contributed by atoms with Gasteiger partial charge in [-0.1, -0.05) is 53.2 Å². The average molecular weight is 1350 g/mol. The second kappa shape index (κ2) is 27.5. The molecule has 0 unspecified atom stereocenters. The Morgan fingerprint density at radius 2 is 1.00 bits per heavy atom. The second-order valence-corrected chi connectivity index (χ2v) is 30.8. The third-order valence-electron chi connectivity index (χ3n) is 25.0. The molecule has 11 aliphatic rings. The summed E-state index contributed by atoms with van der Waals surface area (Å²) in [5, 5.41) is 188. The van der Waals surface area contributed by atoms with Gasteiger partial charge in [0.15, 0.2) is 37.7 Å². The molecule has 0 bridgehead atoms. The molecule has 11 rings (SSSR count). The number of carbonyl (C=O) groups is 1. The predicted octanol–water partition coefficient (Wildman–Crippen LogP) is -3.52. The van der Waals surface area contributed by atoms with Crippen molar-refractivity contribution in [2.75, 3.05) is 33.0 Å². The molecule has 6 heterocycles. The summed E-state index contributed by atoms with van der Waals surface area (Å²) in [5.41, 5.74) is -1.22. The summed E-state index contributed by atoms with van der Waals surface area (Å²) in [6.45, 7) is 13.3. The molecule has 10 fully saturated rings. The molecule has 6 saturated heterocycles. The van der Waals surface area contributed by atoms with Crippen molar-refractivity contribution in [2.45, 2.75) is 298 Å². The minimum Gasteiger partial charge on any atom is -0.481 e. The molecule has 94 heavy (non-hydrogen) atoms. The van der Waals surface area contributed by atoms with E-state index < -0.39 is 221 Å². The summed E-state index contributed by atoms with van der Waals surface area (Å²) in [6.07, 6.45) is -40.6. The van der Waals surface area contributed by atoms with E-state index in [2.05, 4.69) is 40.7 Å². The number of carboxylic acids is 1. The molecule has 6 aliphatic heterocycles. The maximum atomic E-state index is 13.3. The van der Waals surface area contributed by atoms with Gasteiger partial charge in [-0.25, -0.2) is 0 Å². The minimum absolute atomic E-state index is 0.00271. The first-order valence-corrected chi connectivity index (χ1v) is 33.5. The van der Waals surface area contributed by atoms with Gasteiger partial charge < -0.3 is 144 Å². The number of allylic oxidation sites excluding steroid dienone is 2. The first-order chi connectivity index (χ1) is 44.1. The van der Waals surface area contributed by atoms with Crippen molar-refractivity contribution < 1.29 is 148 Å². The molecular formula is C64H104O30. The number of hydrogen-bond acceptors (Lipinski definition) is 29. The number of aliphatic hydroxyl groups is 16. The molecule has 0 amide bonds. The fourth-order valence-corrected chi connectivity index (χ4v) is 19.0. The molecule has 4 saturated carbocycles. The summed E-state index contributed by atoms with van der Waals surface area (Å²) in [5.74, 6) is -0.715. The Morgan fingerprint density at radius 1 is 0.489 bits per heavy atom. The van der Waals surface area contributed by atoms with E-state index in [1.54, 1.807) is 0 Å². The van der Waals surface area contributed by atoms with Crippen LogP contribution < -0.4 is 0 Å². The zero-order valence-electron chi connectivity index (χ0n) is 54.6. The van der Waals surface area contributed by atoms with E-state index in [9.17, 15) is 91.6 Å². The van der Waals surface area contributed by atoms with E-state index >= 15 is 0 Å². The fourth-order valence-electron chi connectivity index (χ4n) is 19.0. The van der Waals surface area contributed by atoms with Crippen molar-refractivity contribution in [1.29, 1.82) is 0 Å². The lowest BCUT2D eigenvalue weighted by atomic mass is 9.33. The van der Waals surface area contributed by atoms with E-state index in [0.717, 1.165) is 38.5 Å². The standard InChI is InChI=1S/C64H104O30/c1-25-36(70)39(73)43(77)53(85-25)90-47-26(2)86-56(46(80)50(47)93-55-45(79)41(75)49(32(21-66)88-55)92-54-44(78)40(74)48(31(20-65)87-54)91-52-42(76)37(71)29(68)22-83-52)94-51-38(72)30(69)23-84-57(51)89-35-12-13-60(5)33(61(35,6)24-67)11-14-63(8)34(60)10-9-27-28-19-59(3,4)15-17-64(28,58(81)82)18-16-62(27,63)7/h9,25-26,28-57,65-80H,10-24H2,1-8H3,(H,81,82)/t25-,26-,28-,29+,30-,31+,32+,33+,34+,35-,36-,37-,38-,39+,40+,41+,42+,43+,44+,45+,46+,47-,48+,49+,50-,51+,52-,53-,54-,55-,56-,57-,60-,61-,62+,63+,64-/m0/s1. The highest BCUT2D eigenvalue weighted by Gasteiger charge is 2.71. The molecule has 0 aromatic rings. The number of fused-ring (bicyclic) bond motifs is 7.